The van der Waals surface area contributed by atoms with Crippen LogP contribution in [0.1, 0.15) is 21.6 Å². The van der Waals surface area contributed by atoms with Gasteiger partial charge in [-0.25, -0.2) is 0 Å². The summed E-state index contributed by atoms with van der Waals surface area (Å²) in [5.41, 5.74) is 3.54. The van der Waals surface area contributed by atoms with Crippen molar-refractivity contribution in [2.24, 2.45) is 7.05 Å². The number of H-pyrrole nitrogens is 1. The van der Waals surface area contributed by atoms with E-state index in [4.69, 9.17) is 11.6 Å². The lowest BCUT2D eigenvalue weighted by molar-refractivity contribution is 0.0953. The summed E-state index contributed by atoms with van der Waals surface area (Å²) >= 11 is 6.04. The first-order chi connectivity index (χ1) is 10.5. The van der Waals surface area contributed by atoms with Crippen molar-refractivity contribution in [1.82, 2.24) is 20.1 Å². The third-order valence-corrected chi connectivity index (χ3v) is 3.90. The highest BCUT2D eigenvalue weighted by Gasteiger charge is 2.12. The van der Waals surface area contributed by atoms with Gasteiger partial charge in [-0.3, -0.25) is 9.48 Å². The Morgan fingerprint density at radius 2 is 2.27 bits per heavy atom. The molecule has 0 saturated carbocycles. The molecule has 0 aliphatic rings. The van der Waals surface area contributed by atoms with Crippen molar-refractivity contribution in [2.75, 3.05) is 6.54 Å². The van der Waals surface area contributed by atoms with E-state index in [0.29, 0.717) is 17.1 Å². The lowest BCUT2D eigenvalue weighted by Crippen LogP contribution is -2.25. The summed E-state index contributed by atoms with van der Waals surface area (Å²) in [6.45, 7) is 2.39. The zero-order chi connectivity index (χ0) is 15.7. The van der Waals surface area contributed by atoms with Crippen LogP contribution in [0, 0.1) is 6.92 Å². The quantitative estimate of drug-likeness (QED) is 0.777. The fourth-order valence-electron chi connectivity index (χ4n) is 2.59. The van der Waals surface area contributed by atoms with E-state index < -0.39 is 0 Å². The zero-order valence-corrected chi connectivity index (χ0v) is 13.2. The summed E-state index contributed by atoms with van der Waals surface area (Å²) < 4.78 is 1.64. The molecule has 1 amide bonds. The monoisotopic (exact) mass is 316 g/mol. The van der Waals surface area contributed by atoms with E-state index in [0.717, 1.165) is 28.6 Å². The van der Waals surface area contributed by atoms with Gasteiger partial charge < -0.3 is 10.3 Å². The van der Waals surface area contributed by atoms with E-state index in [9.17, 15) is 4.79 Å². The molecule has 6 heteroatoms. The summed E-state index contributed by atoms with van der Waals surface area (Å²) in [5, 5.41) is 8.92. The molecule has 0 saturated heterocycles. The molecular formula is C16H17ClN4O. The predicted molar refractivity (Wildman–Crippen MR) is 87.3 cm³/mol. The number of benzene rings is 1. The Kier molecular flexibility index (Phi) is 3.90. The number of hydrogen-bond acceptors (Lipinski definition) is 2. The third kappa shape index (κ3) is 2.85. The molecule has 1 aromatic carbocycles. The highest BCUT2D eigenvalue weighted by molar-refractivity contribution is 6.31. The number of halogens is 1. The molecule has 114 valence electrons. The number of rotatable bonds is 4. The maximum absolute atomic E-state index is 12.1. The van der Waals surface area contributed by atoms with Gasteiger partial charge in [-0.05, 0) is 37.1 Å². The maximum Gasteiger partial charge on any atom is 0.254 e. The van der Waals surface area contributed by atoms with Crippen LogP contribution in [0.5, 0.6) is 0 Å². The summed E-state index contributed by atoms with van der Waals surface area (Å²) in [5.74, 6) is -0.0940. The third-order valence-electron chi connectivity index (χ3n) is 3.67. The van der Waals surface area contributed by atoms with Gasteiger partial charge >= 0.3 is 0 Å². The van der Waals surface area contributed by atoms with Gasteiger partial charge in [-0.2, -0.15) is 5.10 Å². The van der Waals surface area contributed by atoms with Crippen molar-refractivity contribution in [3.8, 4) is 0 Å². The van der Waals surface area contributed by atoms with Crippen molar-refractivity contribution in [3.05, 3.63) is 52.4 Å². The first-order valence-electron chi connectivity index (χ1n) is 7.08. The Balaban J connectivity index is 1.66. The Morgan fingerprint density at radius 3 is 3.00 bits per heavy atom. The summed E-state index contributed by atoms with van der Waals surface area (Å²) in [4.78, 5) is 15.3. The molecule has 0 atom stereocenters. The minimum Gasteiger partial charge on any atom is -0.361 e. The van der Waals surface area contributed by atoms with Crippen LogP contribution in [0.3, 0.4) is 0 Å². The summed E-state index contributed by atoms with van der Waals surface area (Å²) in [6.07, 6.45) is 4.43. The minimum atomic E-state index is -0.0940. The van der Waals surface area contributed by atoms with Crippen LogP contribution in [0.4, 0.5) is 0 Å². The van der Waals surface area contributed by atoms with E-state index >= 15 is 0 Å². The number of hydrogen-bond donors (Lipinski definition) is 2. The molecule has 2 heterocycles. The highest BCUT2D eigenvalue weighted by Crippen LogP contribution is 2.22. The summed E-state index contributed by atoms with van der Waals surface area (Å²) in [7, 11) is 1.81. The number of nitrogens with zero attached hydrogens (tertiary/aromatic N) is 2. The van der Waals surface area contributed by atoms with Crippen LogP contribution in [0.2, 0.25) is 5.02 Å². The Labute approximate surface area is 133 Å². The molecule has 0 fully saturated rings. The number of aromatic nitrogens is 3. The van der Waals surface area contributed by atoms with Crippen LogP contribution in [-0.4, -0.2) is 27.2 Å². The first-order valence-corrected chi connectivity index (χ1v) is 7.46. The first kappa shape index (κ1) is 14.7. The van der Waals surface area contributed by atoms with Gasteiger partial charge in [0.2, 0.25) is 0 Å². The molecule has 0 spiro atoms. The van der Waals surface area contributed by atoms with Gasteiger partial charge in [-0.1, -0.05) is 11.6 Å². The van der Waals surface area contributed by atoms with E-state index in [2.05, 4.69) is 15.4 Å². The Bertz CT molecular complexity index is 834. The van der Waals surface area contributed by atoms with Gasteiger partial charge in [0.05, 0.1) is 11.3 Å². The molecule has 0 aliphatic heterocycles. The van der Waals surface area contributed by atoms with E-state index in [1.807, 2.05) is 31.3 Å². The molecule has 5 nitrogen and oxygen atoms in total. The standard InChI is InChI=1S/C16H17ClN4O/c1-10-14(9-21(2)20-10)16(22)18-6-5-11-8-19-15-4-3-12(17)7-13(11)15/h3-4,7-9,19H,5-6H2,1-2H3,(H,18,22). The van der Waals surface area contributed by atoms with Crippen molar-refractivity contribution in [3.63, 3.8) is 0 Å². The van der Waals surface area contributed by atoms with Crippen molar-refractivity contribution in [2.45, 2.75) is 13.3 Å². The van der Waals surface area contributed by atoms with Crippen LogP contribution in [0.25, 0.3) is 10.9 Å². The minimum absolute atomic E-state index is 0.0940. The highest BCUT2D eigenvalue weighted by atomic mass is 35.5. The SMILES string of the molecule is Cc1nn(C)cc1C(=O)NCCc1c[nH]c2ccc(Cl)cc12. The van der Waals surface area contributed by atoms with Crippen LogP contribution >= 0.6 is 11.6 Å². The molecule has 0 aliphatic carbocycles. The van der Waals surface area contributed by atoms with Crippen LogP contribution in [-0.2, 0) is 13.5 Å². The number of carbonyl (C=O) groups is 1. The van der Waals surface area contributed by atoms with Gasteiger partial charge in [0, 0.05) is 41.9 Å². The van der Waals surface area contributed by atoms with Crippen LogP contribution < -0.4 is 5.32 Å². The molecule has 2 N–H and O–H groups in total. The number of aromatic amines is 1. The molecule has 22 heavy (non-hydrogen) atoms. The molecule has 0 unspecified atom stereocenters. The molecule has 0 radical (unpaired) electrons. The van der Waals surface area contributed by atoms with Crippen molar-refractivity contribution < 1.29 is 4.79 Å². The fraction of sp³-hybridized carbons (Fsp3) is 0.250. The van der Waals surface area contributed by atoms with Crippen molar-refractivity contribution >= 4 is 28.4 Å². The predicted octanol–water partition coefficient (Wildman–Crippen LogP) is 2.84. The number of fused-ring (bicyclic) bond motifs is 1. The fourth-order valence-corrected chi connectivity index (χ4v) is 2.76. The zero-order valence-electron chi connectivity index (χ0n) is 12.5. The molecule has 2 aromatic heterocycles. The number of aryl methyl sites for hydroxylation is 2. The topological polar surface area (TPSA) is 62.7 Å². The smallest absolute Gasteiger partial charge is 0.254 e. The average Bonchev–Trinajstić information content (AvgIpc) is 3.02. The number of amides is 1. The van der Waals surface area contributed by atoms with Crippen LogP contribution in [0.15, 0.2) is 30.6 Å². The average molecular weight is 317 g/mol. The second-order valence-electron chi connectivity index (χ2n) is 5.31. The van der Waals surface area contributed by atoms with E-state index in [1.165, 1.54) is 0 Å². The maximum atomic E-state index is 12.1. The van der Waals surface area contributed by atoms with Gasteiger partial charge in [0.1, 0.15) is 0 Å². The van der Waals surface area contributed by atoms with Gasteiger partial charge in [0.15, 0.2) is 0 Å². The van der Waals surface area contributed by atoms with E-state index in [-0.39, 0.29) is 5.91 Å². The second kappa shape index (κ2) is 5.85. The largest absolute Gasteiger partial charge is 0.361 e. The molecular weight excluding hydrogens is 300 g/mol. The lowest BCUT2D eigenvalue weighted by Gasteiger charge is -2.04. The van der Waals surface area contributed by atoms with Gasteiger partial charge in [-0.15, -0.1) is 0 Å². The lowest BCUT2D eigenvalue weighted by atomic mass is 10.1. The normalized spacial score (nSPS) is 11.0. The number of carbonyl (C=O) groups excluding carboxylic acids is 1. The second-order valence-corrected chi connectivity index (χ2v) is 5.75. The summed E-state index contributed by atoms with van der Waals surface area (Å²) in [6, 6.07) is 5.76. The Morgan fingerprint density at radius 1 is 1.45 bits per heavy atom. The van der Waals surface area contributed by atoms with E-state index in [1.54, 1.807) is 17.9 Å². The van der Waals surface area contributed by atoms with Crippen molar-refractivity contribution in [1.29, 1.82) is 0 Å². The molecule has 3 aromatic rings. The Hall–Kier alpha value is -2.27. The molecule has 3 rings (SSSR count). The van der Waals surface area contributed by atoms with Gasteiger partial charge in [0.25, 0.3) is 5.91 Å². The molecule has 0 bridgehead atoms. The number of nitrogens with one attached hydrogen (secondary N) is 2.